The second kappa shape index (κ2) is 8.40. The van der Waals surface area contributed by atoms with Gasteiger partial charge >= 0.3 is 0 Å². The number of hydrogen-bond acceptors (Lipinski definition) is 6. The van der Waals surface area contributed by atoms with Gasteiger partial charge in [0.2, 0.25) is 0 Å². The molecule has 0 N–H and O–H groups in total. The molecule has 34 heavy (non-hydrogen) atoms. The standard InChI is InChI=1S/C25H24FN5O3/c1-5-20-25(32)30(3)19-11-21(33-4)16(10-22(19)34-20)15-9-14(7-8-18(15)26)17-12-28-29-24-23(17)27-13-31(24)6-2/h7-13,20H,5-6H2,1-4H3/t20-/m0/s1. The molecular formula is C25H24FN5O3. The van der Waals surface area contributed by atoms with E-state index in [-0.39, 0.29) is 5.91 Å². The number of aryl methyl sites for hydroxylation is 1. The van der Waals surface area contributed by atoms with Crippen molar-refractivity contribution in [3.05, 3.63) is 48.7 Å². The van der Waals surface area contributed by atoms with Crippen LogP contribution in [0.3, 0.4) is 0 Å². The zero-order chi connectivity index (χ0) is 24.0. The summed E-state index contributed by atoms with van der Waals surface area (Å²) in [6.07, 6.45) is 3.30. The van der Waals surface area contributed by atoms with Gasteiger partial charge in [0, 0.05) is 36.3 Å². The molecule has 2 aromatic carbocycles. The number of amides is 1. The molecule has 174 valence electrons. The maximum atomic E-state index is 15.2. The van der Waals surface area contributed by atoms with Gasteiger partial charge in [-0.3, -0.25) is 4.79 Å². The smallest absolute Gasteiger partial charge is 0.267 e. The number of rotatable bonds is 5. The van der Waals surface area contributed by atoms with E-state index >= 15 is 4.39 Å². The van der Waals surface area contributed by atoms with Crippen LogP contribution < -0.4 is 14.4 Å². The third kappa shape index (κ3) is 3.35. The molecule has 3 heterocycles. The zero-order valence-corrected chi connectivity index (χ0v) is 19.4. The number of carbonyl (C=O) groups excluding carboxylic acids is 1. The fraction of sp³-hybridized carbons (Fsp3) is 0.280. The molecule has 0 aliphatic carbocycles. The summed E-state index contributed by atoms with van der Waals surface area (Å²) in [6, 6.07) is 8.29. The Morgan fingerprint density at radius 1 is 1.15 bits per heavy atom. The van der Waals surface area contributed by atoms with E-state index in [1.165, 1.54) is 13.2 Å². The maximum Gasteiger partial charge on any atom is 0.267 e. The number of ether oxygens (including phenoxy) is 2. The van der Waals surface area contributed by atoms with Crippen molar-refractivity contribution in [1.82, 2.24) is 19.7 Å². The Bertz CT molecular complexity index is 1420. The minimum Gasteiger partial charge on any atom is -0.496 e. The van der Waals surface area contributed by atoms with E-state index in [1.807, 2.05) is 18.4 Å². The van der Waals surface area contributed by atoms with Gasteiger partial charge in [-0.05, 0) is 37.1 Å². The van der Waals surface area contributed by atoms with E-state index in [1.54, 1.807) is 48.7 Å². The summed E-state index contributed by atoms with van der Waals surface area (Å²) in [4.78, 5) is 18.6. The van der Waals surface area contributed by atoms with Crippen LogP contribution in [0.4, 0.5) is 10.1 Å². The summed E-state index contributed by atoms with van der Waals surface area (Å²) < 4.78 is 28.6. The highest BCUT2D eigenvalue weighted by Gasteiger charge is 2.32. The van der Waals surface area contributed by atoms with Crippen LogP contribution >= 0.6 is 0 Å². The normalized spacial score (nSPS) is 15.4. The molecule has 5 rings (SSSR count). The lowest BCUT2D eigenvalue weighted by molar-refractivity contribution is -0.126. The molecule has 2 aromatic heterocycles. The van der Waals surface area contributed by atoms with Crippen molar-refractivity contribution in [3.8, 4) is 33.8 Å². The molecule has 0 radical (unpaired) electrons. The van der Waals surface area contributed by atoms with Crippen molar-refractivity contribution in [3.63, 3.8) is 0 Å². The van der Waals surface area contributed by atoms with E-state index < -0.39 is 11.9 Å². The van der Waals surface area contributed by atoms with Gasteiger partial charge in [-0.1, -0.05) is 13.0 Å². The van der Waals surface area contributed by atoms with Crippen molar-refractivity contribution in [2.75, 3.05) is 19.1 Å². The Balaban J connectivity index is 1.67. The molecule has 9 heteroatoms. The van der Waals surface area contributed by atoms with Crippen LogP contribution in [0.2, 0.25) is 0 Å². The highest BCUT2D eigenvalue weighted by Crippen LogP contribution is 2.44. The summed E-state index contributed by atoms with van der Waals surface area (Å²) >= 11 is 0. The van der Waals surface area contributed by atoms with Crippen molar-refractivity contribution in [2.24, 2.45) is 0 Å². The van der Waals surface area contributed by atoms with Gasteiger partial charge < -0.3 is 18.9 Å². The van der Waals surface area contributed by atoms with Gasteiger partial charge in [-0.25, -0.2) is 9.37 Å². The van der Waals surface area contributed by atoms with Crippen LogP contribution in [0, 0.1) is 5.82 Å². The van der Waals surface area contributed by atoms with Gasteiger partial charge in [-0.2, -0.15) is 5.10 Å². The number of likely N-dealkylation sites (N-methyl/N-ethyl adjacent to an activating group) is 1. The first-order chi connectivity index (χ1) is 16.5. The Morgan fingerprint density at radius 3 is 2.71 bits per heavy atom. The summed E-state index contributed by atoms with van der Waals surface area (Å²) in [5, 5.41) is 8.34. The minimum absolute atomic E-state index is 0.126. The molecule has 0 unspecified atom stereocenters. The van der Waals surface area contributed by atoms with E-state index in [0.29, 0.717) is 52.4 Å². The zero-order valence-electron chi connectivity index (χ0n) is 19.4. The molecule has 8 nitrogen and oxygen atoms in total. The molecule has 1 atom stereocenters. The third-order valence-corrected chi connectivity index (χ3v) is 6.20. The van der Waals surface area contributed by atoms with Gasteiger partial charge in [0.05, 0.1) is 25.3 Å². The molecule has 4 aromatic rings. The number of nitrogens with zero attached hydrogens (tertiary/aromatic N) is 5. The molecule has 0 saturated heterocycles. The molecule has 0 bridgehead atoms. The van der Waals surface area contributed by atoms with Crippen molar-refractivity contribution in [2.45, 2.75) is 32.9 Å². The molecule has 1 aliphatic rings. The lowest BCUT2D eigenvalue weighted by atomic mass is 9.97. The van der Waals surface area contributed by atoms with Crippen LogP contribution in [0.1, 0.15) is 20.3 Å². The SMILES string of the molecule is CC[C@@H]1Oc2cc(-c3cc(-c4cnnc5c4ncn5CC)ccc3F)c(OC)cc2N(C)C1=O. The number of aromatic nitrogens is 4. The van der Waals surface area contributed by atoms with Crippen LogP contribution in [-0.4, -0.2) is 45.9 Å². The average molecular weight is 461 g/mol. The van der Waals surface area contributed by atoms with E-state index in [4.69, 9.17) is 9.47 Å². The number of fused-ring (bicyclic) bond motifs is 2. The van der Waals surface area contributed by atoms with E-state index in [0.717, 1.165) is 11.1 Å². The second-order valence-corrected chi connectivity index (χ2v) is 8.09. The predicted octanol–water partition coefficient (Wildman–Crippen LogP) is 4.46. The van der Waals surface area contributed by atoms with Crippen LogP contribution in [0.25, 0.3) is 33.4 Å². The summed E-state index contributed by atoms with van der Waals surface area (Å²) in [7, 11) is 3.21. The Morgan fingerprint density at radius 2 is 1.97 bits per heavy atom. The third-order valence-electron chi connectivity index (χ3n) is 6.20. The number of carbonyl (C=O) groups is 1. The molecule has 0 fully saturated rings. The van der Waals surface area contributed by atoms with Gasteiger partial charge in [0.25, 0.3) is 5.91 Å². The van der Waals surface area contributed by atoms with Crippen LogP contribution in [0.15, 0.2) is 42.9 Å². The van der Waals surface area contributed by atoms with E-state index in [9.17, 15) is 4.79 Å². The van der Waals surface area contributed by atoms with Gasteiger partial charge in [-0.15, -0.1) is 5.10 Å². The van der Waals surface area contributed by atoms with Crippen molar-refractivity contribution in [1.29, 1.82) is 0 Å². The first-order valence-electron chi connectivity index (χ1n) is 11.1. The van der Waals surface area contributed by atoms with Gasteiger partial charge in [0.1, 0.15) is 22.8 Å². The topological polar surface area (TPSA) is 82.4 Å². The molecule has 1 amide bonds. The number of halogens is 1. The molecule has 1 aliphatic heterocycles. The Hall–Kier alpha value is -4.01. The number of anilines is 1. The summed E-state index contributed by atoms with van der Waals surface area (Å²) in [5.74, 6) is 0.399. The lowest BCUT2D eigenvalue weighted by Gasteiger charge is -2.32. The van der Waals surface area contributed by atoms with Crippen molar-refractivity contribution >= 4 is 22.8 Å². The highest BCUT2D eigenvalue weighted by atomic mass is 19.1. The highest BCUT2D eigenvalue weighted by molar-refractivity contribution is 6.00. The first-order valence-corrected chi connectivity index (χ1v) is 11.1. The monoisotopic (exact) mass is 461 g/mol. The lowest BCUT2D eigenvalue weighted by Crippen LogP contribution is -2.43. The number of benzene rings is 2. The van der Waals surface area contributed by atoms with Crippen LogP contribution in [-0.2, 0) is 11.3 Å². The minimum atomic E-state index is -0.584. The maximum absolute atomic E-state index is 15.2. The predicted molar refractivity (Wildman–Crippen MR) is 126 cm³/mol. The molecule has 0 spiro atoms. The summed E-state index contributed by atoms with van der Waals surface area (Å²) in [5.41, 5.74) is 4.31. The molecule has 0 saturated carbocycles. The largest absolute Gasteiger partial charge is 0.496 e. The Labute approximate surface area is 196 Å². The fourth-order valence-corrected chi connectivity index (χ4v) is 4.30. The van der Waals surface area contributed by atoms with Crippen molar-refractivity contribution < 1.29 is 18.7 Å². The quantitative estimate of drug-likeness (QED) is 0.436. The first kappa shape index (κ1) is 21.8. The fourth-order valence-electron chi connectivity index (χ4n) is 4.30. The second-order valence-electron chi connectivity index (χ2n) is 8.09. The van der Waals surface area contributed by atoms with Gasteiger partial charge in [0.15, 0.2) is 11.8 Å². The Kier molecular flexibility index (Phi) is 5.39. The van der Waals surface area contributed by atoms with Crippen LogP contribution in [0.5, 0.6) is 11.5 Å². The number of methoxy groups -OCH3 is 1. The molecular weight excluding hydrogens is 437 g/mol. The number of hydrogen-bond donors (Lipinski definition) is 0. The number of imidazole rings is 1. The summed E-state index contributed by atoms with van der Waals surface area (Å²) in [6.45, 7) is 4.60. The van der Waals surface area contributed by atoms with E-state index in [2.05, 4.69) is 15.2 Å². The average Bonchev–Trinajstić information content (AvgIpc) is 3.29.